The summed E-state index contributed by atoms with van der Waals surface area (Å²) >= 11 is 7.65. The van der Waals surface area contributed by atoms with E-state index in [0.29, 0.717) is 44.3 Å². The molecule has 1 aliphatic heterocycles. The molecule has 0 aromatic heterocycles. The number of hydrogen-bond donors (Lipinski definition) is 2. The predicted molar refractivity (Wildman–Crippen MR) is 130 cm³/mol. The van der Waals surface area contributed by atoms with Gasteiger partial charge in [-0.05, 0) is 56.2 Å². The fourth-order valence-corrected chi connectivity index (χ4v) is 5.98. The van der Waals surface area contributed by atoms with Crippen LogP contribution in [0.5, 0.6) is 0 Å². The maximum Gasteiger partial charge on any atom is 0.336 e. The first-order chi connectivity index (χ1) is 16.0. The molecule has 0 saturated heterocycles. The lowest BCUT2D eigenvalue weighted by Gasteiger charge is -2.25. The minimum Gasteiger partial charge on any atom is -0.463 e. The summed E-state index contributed by atoms with van der Waals surface area (Å²) in [6, 6.07) is 13.4. The van der Waals surface area contributed by atoms with Gasteiger partial charge < -0.3 is 15.4 Å². The molecule has 8 heteroatoms. The van der Waals surface area contributed by atoms with Crippen molar-refractivity contribution in [3.63, 3.8) is 0 Å². The maximum atomic E-state index is 12.9. The molecule has 1 aliphatic carbocycles. The second-order valence-electron chi connectivity index (χ2n) is 7.98. The highest BCUT2D eigenvalue weighted by Crippen LogP contribution is 2.48. The van der Waals surface area contributed by atoms with Crippen LogP contribution in [0.3, 0.4) is 0 Å². The Labute approximate surface area is 202 Å². The molecule has 2 N–H and O–H groups in total. The number of anilines is 1. The number of benzene rings is 2. The summed E-state index contributed by atoms with van der Waals surface area (Å²) in [5.41, 5.74) is 1.95. The maximum absolute atomic E-state index is 12.9. The van der Waals surface area contributed by atoms with Gasteiger partial charge in [0.2, 0.25) is 0 Å². The van der Waals surface area contributed by atoms with Crippen LogP contribution in [0.1, 0.15) is 53.3 Å². The van der Waals surface area contributed by atoms with Crippen LogP contribution in [0.4, 0.5) is 5.69 Å². The number of esters is 1. The zero-order valence-electron chi connectivity index (χ0n) is 18.2. The van der Waals surface area contributed by atoms with Crippen molar-refractivity contribution >= 4 is 46.8 Å². The molecule has 0 spiro atoms. The highest BCUT2D eigenvalue weighted by Gasteiger charge is 2.41. The zero-order valence-corrected chi connectivity index (χ0v) is 19.8. The molecule has 2 aromatic carbocycles. The van der Waals surface area contributed by atoms with Crippen molar-refractivity contribution in [2.45, 2.75) is 37.9 Å². The van der Waals surface area contributed by atoms with Crippen molar-refractivity contribution in [3.8, 4) is 0 Å². The Balaban J connectivity index is 1.46. The van der Waals surface area contributed by atoms with E-state index in [1.54, 1.807) is 67.2 Å². The molecule has 2 amide bonds. The Morgan fingerprint density at radius 2 is 1.73 bits per heavy atom. The number of thioether (sulfide) groups is 1. The van der Waals surface area contributed by atoms with E-state index in [0.717, 1.165) is 25.7 Å². The van der Waals surface area contributed by atoms with Crippen molar-refractivity contribution in [2.24, 2.45) is 5.92 Å². The molecule has 4 rings (SSSR count). The molecule has 1 fully saturated rings. The Bertz CT molecular complexity index is 1100. The van der Waals surface area contributed by atoms with E-state index in [1.807, 2.05) is 0 Å². The lowest BCUT2D eigenvalue weighted by atomic mass is 9.84. The second kappa shape index (κ2) is 10.4. The van der Waals surface area contributed by atoms with Gasteiger partial charge in [0.05, 0.1) is 27.8 Å². The van der Waals surface area contributed by atoms with E-state index in [-0.39, 0.29) is 23.7 Å². The predicted octanol–water partition coefficient (Wildman–Crippen LogP) is 5.40. The van der Waals surface area contributed by atoms with Gasteiger partial charge in [0.25, 0.3) is 11.8 Å². The fourth-order valence-electron chi connectivity index (χ4n) is 4.23. The number of amides is 2. The Morgan fingerprint density at radius 1 is 1.00 bits per heavy atom. The first-order valence-electron chi connectivity index (χ1n) is 11.0. The van der Waals surface area contributed by atoms with E-state index >= 15 is 0 Å². The SMILES string of the molecule is CCOC(=O)C1=C(NC(=O)c2ccc(NC(=O)c3ccccc3Cl)cc2)S[C@H]2CCCC[C@H]12. The van der Waals surface area contributed by atoms with Crippen molar-refractivity contribution in [3.05, 3.63) is 75.3 Å². The van der Waals surface area contributed by atoms with Gasteiger partial charge in [0, 0.05) is 22.4 Å². The van der Waals surface area contributed by atoms with Crippen LogP contribution in [-0.4, -0.2) is 29.6 Å². The third kappa shape index (κ3) is 5.25. The van der Waals surface area contributed by atoms with Gasteiger partial charge in [0.1, 0.15) is 0 Å². The van der Waals surface area contributed by atoms with E-state index in [1.165, 1.54) is 0 Å². The summed E-state index contributed by atoms with van der Waals surface area (Å²) in [5.74, 6) is -0.846. The Morgan fingerprint density at radius 3 is 2.45 bits per heavy atom. The molecule has 1 saturated carbocycles. The minimum atomic E-state index is -0.340. The zero-order chi connectivity index (χ0) is 23.4. The molecule has 172 valence electrons. The average Bonchev–Trinajstić information content (AvgIpc) is 3.17. The van der Waals surface area contributed by atoms with Crippen molar-refractivity contribution in [2.75, 3.05) is 11.9 Å². The van der Waals surface area contributed by atoms with Gasteiger partial charge in [-0.25, -0.2) is 4.79 Å². The Hall–Kier alpha value is -2.77. The van der Waals surface area contributed by atoms with Crippen LogP contribution >= 0.6 is 23.4 Å². The smallest absolute Gasteiger partial charge is 0.336 e. The van der Waals surface area contributed by atoms with E-state index in [2.05, 4.69) is 10.6 Å². The number of hydrogen-bond acceptors (Lipinski definition) is 5. The summed E-state index contributed by atoms with van der Waals surface area (Å²) in [6.07, 6.45) is 4.17. The van der Waals surface area contributed by atoms with Crippen molar-refractivity contribution in [1.29, 1.82) is 0 Å². The summed E-state index contributed by atoms with van der Waals surface area (Å²) < 4.78 is 5.28. The van der Waals surface area contributed by atoms with Gasteiger partial charge in [0.15, 0.2) is 0 Å². The number of halogens is 1. The number of ether oxygens (including phenoxy) is 1. The summed E-state index contributed by atoms with van der Waals surface area (Å²) in [6.45, 7) is 2.08. The molecular weight excluding hydrogens is 460 g/mol. The summed E-state index contributed by atoms with van der Waals surface area (Å²) in [7, 11) is 0. The molecule has 2 aromatic rings. The molecule has 0 bridgehead atoms. The molecule has 2 aliphatic rings. The molecule has 2 atom stereocenters. The van der Waals surface area contributed by atoms with Crippen LogP contribution in [0.25, 0.3) is 0 Å². The van der Waals surface area contributed by atoms with E-state index < -0.39 is 0 Å². The topological polar surface area (TPSA) is 84.5 Å². The largest absolute Gasteiger partial charge is 0.463 e. The number of carbonyl (C=O) groups is 3. The second-order valence-corrected chi connectivity index (χ2v) is 9.63. The first-order valence-corrected chi connectivity index (χ1v) is 12.3. The normalized spacial score (nSPS) is 19.6. The van der Waals surface area contributed by atoms with Crippen LogP contribution in [0, 0.1) is 5.92 Å². The van der Waals surface area contributed by atoms with Crippen LogP contribution < -0.4 is 10.6 Å². The number of rotatable bonds is 6. The van der Waals surface area contributed by atoms with Gasteiger partial charge >= 0.3 is 5.97 Å². The molecular formula is C25H25ClN2O4S. The number of fused-ring (bicyclic) bond motifs is 1. The molecule has 0 unspecified atom stereocenters. The fraction of sp³-hybridized carbons (Fsp3) is 0.320. The third-order valence-corrected chi connectivity index (χ3v) is 7.59. The van der Waals surface area contributed by atoms with Gasteiger partial charge in [-0.2, -0.15) is 0 Å². The van der Waals surface area contributed by atoms with Gasteiger partial charge in [-0.3, -0.25) is 9.59 Å². The van der Waals surface area contributed by atoms with Crippen LogP contribution in [0.2, 0.25) is 5.02 Å². The quantitative estimate of drug-likeness (QED) is 0.536. The monoisotopic (exact) mass is 484 g/mol. The van der Waals surface area contributed by atoms with Crippen molar-refractivity contribution in [1.82, 2.24) is 5.32 Å². The first kappa shape index (κ1) is 23.4. The summed E-state index contributed by atoms with van der Waals surface area (Å²) in [4.78, 5) is 38.0. The average molecular weight is 485 g/mol. The molecule has 0 radical (unpaired) electrons. The number of nitrogens with one attached hydrogen (secondary N) is 2. The number of carbonyl (C=O) groups excluding carboxylic acids is 3. The van der Waals surface area contributed by atoms with Crippen molar-refractivity contribution < 1.29 is 19.1 Å². The van der Waals surface area contributed by atoms with E-state index in [4.69, 9.17) is 16.3 Å². The lowest BCUT2D eigenvalue weighted by molar-refractivity contribution is -0.139. The summed E-state index contributed by atoms with van der Waals surface area (Å²) in [5, 5.41) is 6.98. The molecule has 1 heterocycles. The lowest BCUT2D eigenvalue weighted by Crippen LogP contribution is -2.26. The highest BCUT2D eigenvalue weighted by atomic mass is 35.5. The van der Waals surface area contributed by atoms with Gasteiger partial charge in [-0.15, -0.1) is 11.8 Å². The van der Waals surface area contributed by atoms with Crippen LogP contribution in [-0.2, 0) is 9.53 Å². The van der Waals surface area contributed by atoms with Gasteiger partial charge in [-0.1, -0.05) is 36.6 Å². The standard InChI is InChI=1S/C25H25ClN2O4S/c1-2-32-25(31)21-18-8-4-6-10-20(18)33-24(21)28-22(29)15-11-13-16(14-12-15)27-23(30)17-7-3-5-9-19(17)26/h3,5,7,9,11-14,18,20H,2,4,6,8,10H2,1H3,(H,27,30)(H,28,29)/t18-,20-/m0/s1. The van der Waals surface area contributed by atoms with Crippen LogP contribution in [0.15, 0.2) is 59.1 Å². The highest BCUT2D eigenvalue weighted by molar-refractivity contribution is 8.04. The third-order valence-electron chi connectivity index (χ3n) is 5.83. The molecule has 33 heavy (non-hydrogen) atoms. The molecule has 6 nitrogen and oxygen atoms in total. The minimum absolute atomic E-state index is 0.125. The van der Waals surface area contributed by atoms with E-state index in [9.17, 15) is 14.4 Å². The Kier molecular flexibility index (Phi) is 7.40.